The predicted molar refractivity (Wildman–Crippen MR) is 91.1 cm³/mol. The minimum absolute atomic E-state index is 0.136. The van der Waals surface area contributed by atoms with Crippen LogP contribution < -0.4 is 5.32 Å². The Morgan fingerprint density at radius 1 is 1.25 bits per heavy atom. The van der Waals surface area contributed by atoms with Crippen LogP contribution in [0.4, 0.5) is 10.2 Å². The zero-order valence-corrected chi connectivity index (χ0v) is 13.9. The number of nitrogens with zero attached hydrogens (tertiary/aromatic N) is 3. The molecule has 0 aromatic carbocycles. The molecular formula is C18H19FN4O. The van der Waals surface area contributed by atoms with E-state index in [2.05, 4.69) is 15.3 Å². The van der Waals surface area contributed by atoms with Crippen LogP contribution in [-0.2, 0) is 4.79 Å². The molecule has 24 heavy (non-hydrogen) atoms. The van der Waals surface area contributed by atoms with E-state index in [1.807, 2.05) is 26.8 Å². The molecule has 0 saturated heterocycles. The minimum atomic E-state index is -0.385. The van der Waals surface area contributed by atoms with E-state index in [0.717, 1.165) is 0 Å². The van der Waals surface area contributed by atoms with Crippen molar-refractivity contribution < 1.29 is 9.18 Å². The van der Waals surface area contributed by atoms with Crippen molar-refractivity contribution in [2.24, 2.45) is 5.41 Å². The average Bonchev–Trinajstić information content (AvgIpc) is 2.83. The highest BCUT2D eigenvalue weighted by Crippen LogP contribution is 2.29. The number of aromatic nitrogens is 3. The van der Waals surface area contributed by atoms with Crippen molar-refractivity contribution in [3.05, 3.63) is 48.5 Å². The van der Waals surface area contributed by atoms with Crippen LogP contribution >= 0.6 is 0 Å². The summed E-state index contributed by atoms with van der Waals surface area (Å²) in [5, 5.41) is 2.84. The molecule has 0 aliphatic heterocycles. The quantitative estimate of drug-likeness (QED) is 0.794. The number of halogens is 1. The Bertz CT molecular complexity index is 881. The lowest BCUT2D eigenvalue weighted by Gasteiger charge is -2.17. The van der Waals surface area contributed by atoms with Crippen molar-refractivity contribution >= 4 is 17.4 Å². The number of hydrogen-bond donors (Lipinski definition) is 1. The molecule has 6 heteroatoms. The number of fused-ring (bicyclic) bond motifs is 1. The summed E-state index contributed by atoms with van der Waals surface area (Å²) in [6, 6.07) is 8.34. The SMILES string of the molecule is CC(C)(C)CC(=O)Nc1nc2ccc(F)cn2c1-c1ccccn1. The lowest BCUT2D eigenvalue weighted by molar-refractivity contribution is -0.117. The number of anilines is 1. The molecule has 3 heterocycles. The van der Waals surface area contributed by atoms with E-state index in [9.17, 15) is 9.18 Å². The summed E-state index contributed by atoms with van der Waals surface area (Å²) in [6.07, 6.45) is 3.34. The van der Waals surface area contributed by atoms with Crippen LogP contribution in [0.25, 0.3) is 17.0 Å². The van der Waals surface area contributed by atoms with Crippen LogP contribution in [0.15, 0.2) is 42.7 Å². The molecule has 0 aliphatic carbocycles. The fourth-order valence-corrected chi connectivity index (χ4v) is 2.51. The maximum absolute atomic E-state index is 13.7. The third kappa shape index (κ3) is 3.42. The van der Waals surface area contributed by atoms with Crippen molar-refractivity contribution in [1.29, 1.82) is 0 Å². The summed E-state index contributed by atoms with van der Waals surface area (Å²) in [5.41, 5.74) is 1.58. The second-order valence-corrected chi connectivity index (χ2v) is 6.89. The van der Waals surface area contributed by atoms with Gasteiger partial charge in [0.15, 0.2) is 5.82 Å². The first-order chi connectivity index (χ1) is 11.3. The van der Waals surface area contributed by atoms with E-state index in [0.29, 0.717) is 29.3 Å². The number of nitrogens with one attached hydrogen (secondary N) is 1. The molecule has 0 unspecified atom stereocenters. The first-order valence-electron chi connectivity index (χ1n) is 7.72. The molecule has 0 bridgehead atoms. The molecule has 0 saturated carbocycles. The maximum Gasteiger partial charge on any atom is 0.226 e. The van der Waals surface area contributed by atoms with Gasteiger partial charge in [0.2, 0.25) is 5.91 Å². The Morgan fingerprint density at radius 2 is 2.04 bits per heavy atom. The number of pyridine rings is 2. The molecule has 0 fully saturated rings. The third-order valence-electron chi connectivity index (χ3n) is 3.44. The van der Waals surface area contributed by atoms with E-state index >= 15 is 0 Å². The van der Waals surface area contributed by atoms with Gasteiger partial charge in [-0.2, -0.15) is 0 Å². The van der Waals surface area contributed by atoms with Crippen molar-refractivity contribution in [1.82, 2.24) is 14.4 Å². The van der Waals surface area contributed by atoms with Crippen LogP contribution in [0.5, 0.6) is 0 Å². The van der Waals surface area contributed by atoms with Crippen molar-refractivity contribution in [3.8, 4) is 11.4 Å². The molecule has 3 aromatic heterocycles. The lowest BCUT2D eigenvalue weighted by Crippen LogP contribution is -2.20. The van der Waals surface area contributed by atoms with Crippen molar-refractivity contribution in [2.75, 3.05) is 5.32 Å². The van der Waals surface area contributed by atoms with Gasteiger partial charge in [-0.25, -0.2) is 9.37 Å². The molecule has 1 amide bonds. The standard InChI is InChI=1S/C18H19FN4O/c1-18(2,3)10-15(24)22-17-16(13-6-4-5-9-20-13)23-11-12(19)7-8-14(23)21-17/h4-9,11H,10H2,1-3H3,(H,22,24). The molecule has 0 spiro atoms. The zero-order valence-electron chi connectivity index (χ0n) is 13.9. The number of carbonyl (C=O) groups is 1. The Kier molecular flexibility index (Phi) is 4.05. The Hall–Kier alpha value is -2.76. The molecule has 5 nitrogen and oxygen atoms in total. The summed E-state index contributed by atoms with van der Waals surface area (Å²) in [4.78, 5) is 21.0. The largest absolute Gasteiger partial charge is 0.309 e. The van der Waals surface area contributed by atoms with Gasteiger partial charge in [0.05, 0.1) is 5.69 Å². The fraction of sp³-hybridized carbons (Fsp3) is 0.278. The van der Waals surface area contributed by atoms with Gasteiger partial charge in [0.25, 0.3) is 0 Å². The van der Waals surface area contributed by atoms with Gasteiger partial charge in [-0.1, -0.05) is 26.8 Å². The molecule has 0 aliphatic rings. The highest BCUT2D eigenvalue weighted by Gasteiger charge is 2.21. The molecule has 1 N–H and O–H groups in total. The van der Waals surface area contributed by atoms with E-state index in [-0.39, 0.29) is 17.1 Å². The van der Waals surface area contributed by atoms with E-state index < -0.39 is 0 Å². The molecule has 0 radical (unpaired) electrons. The van der Waals surface area contributed by atoms with Gasteiger partial charge in [0, 0.05) is 18.8 Å². The van der Waals surface area contributed by atoms with E-state index in [4.69, 9.17) is 0 Å². The number of amides is 1. The fourth-order valence-electron chi connectivity index (χ4n) is 2.51. The number of rotatable bonds is 3. The lowest BCUT2D eigenvalue weighted by atomic mass is 9.92. The molecule has 3 rings (SSSR count). The Labute approximate surface area is 139 Å². The Morgan fingerprint density at radius 3 is 2.71 bits per heavy atom. The zero-order chi connectivity index (χ0) is 17.3. The number of carbonyl (C=O) groups excluding carboxylic acids is 1. The van der Waals surface area contributed by atoms with E-state index in [1.165, 1.54) is 12.3 Å². The highest BCUT2D eigenvalue weighted by atomic mass is 19.1. The predicted octanol–water partition coefficient (Wildman–Crippen LogP) is 3.91. The summed E-state index contributed by atoms with van der Waals surface area (Å²) in [7, 11) is 0. The van der Waals surface area contributed by atoms with Gasteiger partial charge in [-0.15, -0.1) is 0 Å². The second-order valence-electron chi connectivity index (χ2n) is 6.89. The maximum atomic E-state index is 13.7. The van der Waals surface area contributed by atoms with E-state index in [1.54, 1.807) is 28.8 Å². The summed E-state index contributed by atoms with van der Waals surface area (Å²) < 4.78 is 15.3. The van der Waals surface area contributed by atoms with Crippen LogP contribution in [0.1, 0.15) is 27.2 Å². The van der Waals surface area contributed by atoms with Crippen molar-refractivity contribution in [2.45, 2.75) is 27.2 Å². The molecule has 0 atom stereocenters. The smallest absolute Gasteiger partial charge is 0.226 e. The van der Waals surface area contributed by atoms with Crippen molar-refractivity contribution in [3.63, 3.8) is 0 Å². The Balaban J connectivity index is 2.08. The van der Waals surface area contributed by atoms with Gasteiger partial charge >= 0.3 is 0 Å². The number of imidazole rings is 1. The van der Waals surface area contributed by atoms with Gasteiger partial charge < -0.3 is 5.32 Å². The molecule has 3 aromatic rings. The minimum Gasteiger partial charge on any atom is -0.309 e. The third-order valence-corrected chi connectivity index (χ3v) is 3.44. The molecular weight excluding hydrogens is 307 g/mol. The first kappa shape index (κ1) is 16.1. The second kappa shape index (κ2) is 6.03. The van der Waals surface area contributed by atoms with Crippen LogP contribution in [0, 0.1) is 11.2 Å². The summed E-state index contributed by atoms with van der Waals surface area (Å²) >= 11 is 0. The highest BCUT2D eigenvalue weighted by molar-refractivity contribution is 5.94. The summed E-state index contributed by atoms with van der Waals surface area (Å²) in [6.45, 7) is 5.97. The molecule has 124 valence electrons. The number of hydrogen-bond acceptors (Lipinski definition) is 3. The normalized spacial score (nSPS) is 11.7. The van der Waals surface area contributed by atoms with Gasteiger partial charge in [-0.05, 0) is 29.7 Å². The summed E-state index contributed by atoms with van der Waals surface area (Å²) in [5.74, 6) is -0.137. The van der Waals surface area contributed by atoms with Gasteiger partial charge in [0.1, 0.15) is 17.2 Å². The van der Waals surface area contributed by atoms with Crippen LogP contribution in [0.2, 0.25) is 0 Å². The monoisotopic (exact) mass is 326 g/mol. The average molecular weight is 326 g/mol. The van der Waals surface area contributed by atoms with Crippen LogP contribution in [-0.4, -0.2) is 20.3 Å². The first-order valence-corrected chi connectivity index (χ1v) is 7.72. The van der Waals surface area contributed by atoms with Gasteiger partial charge in [-0.3, -0.25) is 14.2 Å². The van der Waals surface area contributed by atoms with Crippen LogP contribution in [0.3, 0.4) is 0 Å². The topological polar surface area (TPSA) is 59.3 Å².